The molecule has 2 rings (SSSR count). The van der Waals surface area contributed by atoms with Crippen molar-refractivity contribution in [1.29, 1.82) is 0 Å². The van der Waals surface area contributed by atoms with Gasteiger partial charge < -0.3 is 9.47 Å². The molecule has 0 radical (unpaired) electrons. The van der Waals surface area contributed by atoms with Crippen LogP contribution in [0, 0.1) is 0 Å². The van der Waals surface area contributed by atoms with Crippen LogP contribution >= 0.6 is 23.2 Å². The number of carbonyl (C=O) groups excluding carboxylic acids is 1. The minimum absolute atomic E-state index is 0.119. The van der Waals surface area contributed by atoms with Crippen molar-refractivity contribution < 1.29 is 14.3 Å². The summed E-state index contributed by atoms with van der Waals surface area (Å²) in [4.78, 5) is 17.7. The number of carbonyl (C=O) groups is 1. The van der Waals surface area contributed by atoms with Gasteiger partial charge >= 0.3 is 0 Å². The summed E-state index contributed by atoms with van der Waals surface area (Å²) in [6.45, 7) is 0. The molecule has 0 N–H and O–H groups in total. The predicted molar refractivity (Wildman–Crippen MR) is 77.4 cm³/mol. The maximum Gasteiger partial charge on any atom is 0.298 e. The Morgan fingerprint density at radius 3 is 2.30 bits per heavy atom. The summed E-state index contributed by atoms with van der Waals surface area (Å²) in [6.07, 6.45) is 0. The Labute approximate surface area is 126 Å². The highest BCUT2D eigenvalue weighted by molar-refractivity contribution is 6.42. The van der Waals surface area contributed by atoms with Crippen molar-refractivity contribution in [3.05, 3.63) is 39.8 Å². The number of benzene rings is 1. The van der Waals surface area contributed by atoms with Crippen molar-refractivity contribution in [3.8, 4) is 0 Å². The highest BCUT2D eigenvalue weighted by Gasteiger charge is 2.36. The Kier molecular flexibility index (Phi) is 4.20. The minimum atomic E-state index is -0.317. The zero-order chi connectivity index (χ0) is 14.9. The molecule has 1 heterocycles. The Bertz CT molecular complexity index is 626. The Hall–Kier alpha value is -1.72. The number of methoxy groups -OCH3 is 2. The third-order valence-corrected chi connectivity index (χ3v) is 3.51. The third-order valence-electron chi connectivity index (χ3n) is 2.77. The fourth-order valence-electron chi connectivity index (χ4n) is 1.77. The summed E-state index contributed by atoms with van der Waals surface area (Å²) >= 11 is 11.8. The standard InChI is InChI=1S/C13H12Cl2N2O3/c1-17-12(10(19-2)11(20-3)13(17)18)16-7-4-5-8(14)9(15)6-7/h4-6H,1-3H3/b16-12-. The summed E-state index contributed by atoms with van der Waals surface area (Å²) in [5.74, 6) is 0.441. The average Bonchev–Trinajstić information content (AvgIpc) is 2.66. The average molecular weight is 315 g/mol. The topological polar surface area (TPSA) is 51.1 Å². The van der Waals surface area contributed by atoms with Gasteiger partial charge in [0.25, 0.3) is 5.91 Å². The molecule has 1 aliphatic heterocycles. The summed E-state index contributed by atoms with van der Waals surface area (Å²) in [5.41, 5.74) is 0.556. The van der Waals surface area contributed by atoms with Crippen LogP contribution in [0.25, 0.3) is 0 Å². The van der Waals surface area contributed by atoms with Crippen molar-refractivity contribution in [2.24, 2.45) is 4.99 Å². The first kappa shape index (κ1) is 14.7. The lowest BCUT2D eigenvalue weighted by atomic mass is 10.3. The Balaban J connectivity index is 2.49. The maximum absolute atomic E-state index is 12.0. The monoisotopic (exact) mass is 314 g/mol. The van der Waals surface area contributed by atoms with Crippen LogP contribution in [-0.2, 0) is 14.3 Å². The fourth-order valence-corrected chi connectivity index (χ4v) is 2.06. The number of amidine groups is 1. The molecule has 0 fully saturated rings. The van der Waals surface area contributed by atoms with E-state index in [2.05, 4.69) is 4.99 Å². The zero-order valence-corrected chi connectivity index (χ0v) is 12.6. The number of hydrogen-bond donors (Lipinski definition) is 0. The van der Waals surface area contributed by atoms with Gasteiger partial charge in [0.05, 0.1) is 30.0 Å². The first-order valence-corrected chi connectivity index (χ1v) is 6.39. The molecule has 0 unspecified atom stereocenters. The van der Waals surface area contributed by atoms with Gasteiger partial charge in [0.2, 0.25) is 11.5 Å². The van der Waals surface area contributed by atoms with Crippen LogP contribution in [0.4, 0.5) is 5.69 Å². The molecule has 7 heteroatoms. The lowest BCUT2D eigenvalue weighted by Gasteiger charge is -2.11. The van der Waals surface area contributed by atoms with Gasteiger partial charge in [0, 0.05) is 7.05 Å². The molecule has 1 amide bonds. The van der Waals surface area contributed by atoms with Crippen molar-refractivity contribution >= 4 is 40.6 Å². The molecular formula is C13H12Cl2N2O3. The van der Waals surface area contributed by atoms with Gasteiger partial charge in [-0.2, -0.15) is 0 Å². The summed E-state index contributed by atoms with van der Waals surface area (Å²) in [5, 5.41) is 0.821. The SMILES string of the molecule is COC1=C(OC)/C(=N/c2ccc(Cl)c(Cl)c2)N(C)C1=O. The van der Waals surface area contributed by atoms with Crippen LogP contribution in [-0.4, -0.2) is 37.9 Å². The summed E-state index contributed by atoms with van der Waals surface area (Å²) < 4.78 is 10.2. The second-order valence-corrected chi connectivity index (χ2v) is 4.78. The number of halogens is 2. The molecule has 1 aromatic carbocycles. The third kappa shape index (κ3) is 2.46. The number of ether oxygens (including phenoxy) is 2. The van der Waals surface area contributed by atoms with E-state index in [-0.39, 0.29) is 17.4 Å². The molecule has 20 heavy (non-hydrogen) atoms. The Morgan fingerprint density at radius 1 is 1.10 bits per heavy atom. The van der Waals surface area contributed by atoms with Crippen LogP contribution in [0.15, 0.2) is 34.7 Å². The highest BCUT2D eigenvalue weighted by atomic mass is 35.5. The van der Waals surface area contributed by atoms with Gasteiger partial charge in [-0.05, 0) is 18.2 Å². The largest absolute Gasteiger partial charge is 0.490 e. The van der Waals surface area contributed by atoms with E-state index in [4.69, 9.17) is 32.7 Å². The summed E-state index contributed by atoms with van der Waals surface area (Å²) in [6, 6.07) is 4.93. The van der Waals surface area contributed by atoms with Crippen molar-refractivity contribution in [1.82, 2.24) is 4.90 Å². The van der Waals surface area contributed by atoms with Crippen LogP contribution in [0.5, 0.6) is 0 Å². The first-order chi connectivity index (χ1) is 9.49. The second-order valence-electron chi connectivity index (χ2n) is 3.96. The molecule has 1 aliphatic rings. The van der Waals surface area contributed by atoms with E-state index in [0.29, 0.717) is 21.6 Å². The lowest BCUT2D eigenvalue weighted by Crippen LogP contribution is -2.27. The molecule has 106 valence electrons. The van der Waals surface area contributed by atoms with Crippen molar-refractivity contribution in [2.45, 2.75) is 0 Å². The number of amides is 1. The van der Waals surface area contributed by atoms with Gasteiger partial charge in [-0.25, -0.2) is 4.99 Å². The molecule has 0 aromatic heterocycles. The predicted octanol–water partition coefficient (Wildman–Crippen LogP) is 3.00. The number of aliphatic imine (C=N–C) groups is 1. The molecule has 0 saturated carbocycles. The number of nitrogens with zero attached hydrogens (tertiary/aromatic N) is 2. The molecule has 0 spiro atoms. The van der Waals surface area contributed by atoms with E-state index in [0.717, 1.165) is 0 Å². The van der Waals surface area contributed by atoms with Gasteiger partial charge in [0.15, 0.2) is 5.84 Å². The van der Waals surface area contributed by atoms with E-state index in [1.165, 1.54) is 19.1 Å². The number of rotatable bonds is 3. The van der Waals surface area contributed by atoms with Crippen molar-refractivity contribution in [2.75, 3.05) is 21.3 Å². The zero-order valence-electron chi connectivity index (χ0n) is 11.1. The molecule has 5 nitrogen and oxygen atoms in total. The van der Waals surface area contributed by atoms with Crippen LogP contribution in [0.2, 0.25) is 10.0 Å². The molecule has 0 bridgehead atoms. The molecule has 0 atom stereocenters. The van der Waals surface area contributed by atoms with E-state index in [9.17, 15) is 4.79 Å². The van der Waals surface area contributed by atoms with E-state index in [1.807, 2.05) is 0 Å². The van der Waals surface area contributed by atoms with Gasteiger partial charge in [-0.3, -0.25) is 9.69 Å². The molecular weight excluding hydrogens is 303 g/mol. The molecule has 1 aromatic rings. The minimum Gasteiger partial charge on any atom is -0.490 e. The molecule has 0 saturated heterocycles. The first-order valence-electron chi connectivity index (χ1n) is 5.64. The van der Waals surface area contributed by atoms with Gasteiger partial charge in [-0.1, -0.05) is 23.2 Å². The maximum atomic E-state index is 12.0. The Morgan fingerprint density at radius 2 is 1.75 bits per heavy atom. The number of hydrogen-bond acceptors (Lipinski definition) is 4. The van der Waals surface area contributed by atoms with E-state index >= 15 is 0 Å². The number of likely N-dealkylation sites (N-methyl/N-ethyl adjacent to an activating group) is 1. The normalized spacial score (nSPS) is 17.1. The lowest BCUT2D eigenvalue weighted by molar-refractivity contribution is -0.124. The van der Waals surface area contributed by atoms with E-state index in [1.54, 1.807) is 25.2 Å². The van der Waals surface area contributed by atoms with Crippen LogP contribution in [0.1, 0.15) is 0 Å². The fraction of sp³-hybridized carbons (Fsp3) is 0.231. The van der Waals surface area contributed by atoms with E-state index < -0.39 is 0 Å². The van der Waals surface area contributed by atoms with Gasteiger partial charge in [-0.15, -0.1) is 0 Å². The van der Waals surface area contributed by atoms with Gasteiger partial charge in [0.1, 0.15) is 0 Å². The van der Waals surface area contributed by atoms with Crippen molar-refractivity contribution in [3.63, 3.8) is 0 Å². The quantitative estimate of drug-likeness (QED) is 0.861. The summed E-state index contributed by atoms with van der Waals surface area (Å²) in [7, 11) is 4.44. The molecule has 0 aliphatic carbocycles. The highest BCUT2D eigenvalue weighted by Crippen LogP contribution is 2.29. The van der Waals surface area contributed by atoms with Crippen LogP contribution < -0.4 is 0 Å². The smallest absolute Gasteiger partial charge is 0.298 e. The van der Waals surface area contributed by atoms with Crippen LogP contribution in [0.3, 0.4) is 0 Å². The second kappa shape index (κ2) is 5.73.